The molecular formula is C32H39N7O4S. The minimum Gasteiger partial charge on any atom is -0.444 e. The molecule has 11 nitrogen and oxygen atoms in total. The van der Waals surface area contributed by atoms with Crippen molar-refractivity contribution in [2.45, 2.75) is 97.4 Å². The average Bonchev–Trinajstić information content (AvgIpc) is 3.54. The number of carbonyl (C=O) groups excluding carboxylic acids is 2. The first-order chi connectivity index (χ1) is 20.7. The smallest absolute Gasteiger partial charge is 0.420 e. The monoisotopic (exact) mass is 617 g/mol. The molecule has 0 spiro atoms. The van der Waals surface area contributed by atoms with Gasteiger partial charge in [-0.1, -0.05) is 0 Å². The Balaban J connectivity index is 1.48. The highest BCUT2D eigenvalue weighted by atomic mass is 32.1. The van der Waals surface area contributed by atoms with Crippen molar-refractivity contribution < 1.29 is 19.1 Å². The molecule has 0 bridgehead atoms. The van der Waals surface area contributed by atoms with Gasteiger partial charge < -0.3 is 20.1 Å². The summed E-state index contributed by atoms with van der Waals surface area (Å²) in [4.78, 5) is 32.2. The Kier molecular flexibility index (Phi) is 8.44. The second-order valence-corrected chi connectivity index (χ2v) is 14.3. The minimum atomic E-state index is -0.747. The first-order valence-corrected chi connectivity index (χ1v) is 15.6. The summed E-state index contributed by atoms with van der Waals surface area (Å²) in [6.07, 6.45) is 3.72. The van der Waals surface area contributed by atoms with Crippen molar-refractivity contribution in [1.82, 2.24) is 19.9 Å². The first kappa shape index (κ1) is 31.1. The second kappa shape index (κ2) is 12.0. The van der Waals surface area contributed by atoms with Crippen LogP contribution in [0.25, 0.3) is 15.7 Å². The van der Waals surface area contributed by atoms with E-state index >= 15 is 0 Å². The van der Waals surface area contributed by atoms with Crippen LogP contribution >= 0.6 is 11.3 Å². The van der Waals surface area contributed by atoms with E-state index in [1.807, 2.05) is 66.7 Å². The number of nitrogens with one attached hydrogen (secondary N) is 2. The van der Waals surface area contributed by atoms with Crippen LogP contribution < -0.4 is 15.5 Å². The molecule has 2 amide bonds. The fourth-order valence-electron chi connectivity index (χ4n) is 5.35. The van der Waals surface area contributed by atoms with Gasteiger partial charge in [0.15, 0.2) is 0 Å². The molecule has 3 heterocycles. The normalized spacial score (nSPS) is 17.2. The summed E-state index contributed by atoms with van der Waals surface area (Å²) in [6.45, 7) is 12.9. The quantitative estimate of drug-likeness (QED) is 0.236. The van der Waals surface area contributed by atoms with Crippen LogP contribution in [-0.2, 0) is 9.47 Å². The van der Waals surface area contributed by atoms with Gasteiger partial charge in [0.05, 0.1) is 38.3 Å². The second-order valence-electron chi connectivity index (χ2n) is 13.1. The molecule has 0 unspecified atom stereocenters. The first-order valence-electron chi connectivity index (χ1n) is 14.8. The van der Waals surface area contributed by atoms with Crippen LogP contribution in [0.3, 0.4) is 0 Å². The topological polar surface area (TPSA) is 134 Å². The van der Waals surface area contributed by atoms with Crippen molar-refractivity contribution in [3.63, 3.8) is 0 Å². The Morgan fingerprint density at radius 1 is 1.02 bits per heavy atom. The van der Waals surface area contributed by atoms with Crippen LogP contribution in [0.4, 0.5) is 26.8 Å². The standard InChI is InChI=1S/C32H39N7O4S/c1-19-35-24-13-12-22(16-27(24)44-19)38(30(41)43-32(5,6)7)28-17-25(23(18-33)26-14-15-34-39(26)28)36-20-8-10-21(11-9-20)37-29(40)42-31(2,3)4/h12-17,20-21,36H,8-11H2,1-7H3,(H,37,40)/t20-,21-. The fraction of sp³-hybridized carbons (Fsp3) is 0.469. The van der Waals surface area contributed by atoms with Crippen molar-refractivity contribution >= 4 is 56.4 Å². The molecule has 12 heteroatoms. The largest absolute Gasteiger partial charge is 0.444 e. The predicted molar refractivity (Wildman–Crippen MR) is 172 cm³/mol. The third-order valence-electron chi connectivity index (χ3n) is 7.12. The number of fused-ring (bicyclic) bond motifs is 2. The van der Waals surface area contributed by atoms with E-state index in [1.54, 1.807) is 34.2 Å². The number of thiazole rings is 1. The van der Waals surface area contributed by atoms with Gasteiger partial charge in [-0.3, -0.25) is 0 Å². The lowest BCUT2D eigenvalue weighted by Gasteiger charge is -2.32. The van der Waals surface area contributed by atoms with Gasteiger partial charge in [-0.15, -0.1) is 11.3 Å². The number of aryl methyl sites for hydroxylation is 1. The SMILES string of the molecule is Cc1nc2ccc(N(C(=O)OC(C)(C)C)c3cc(N[C@H]4CC[C@H](NC(=O)OC(C)(C)C)CC4)c(C#N)c4ccnn34)cc2s1. The molecule has 0 saturated heterocycles. The summed E-state index contributed by atoms with van der Waals surface area (Å²) >= 11 is 1.55. The Labute approximate surface area is 261 Å². The van der Waals surface area contributed by atoms with Crippen LogP contribution in [0.15, 0.2) is 36.5 Å². The zero-order valence-electron chi connectivity index (χ0n) is 26.2. The van der Waals surface area contributed by atoms with E-state index in [4.69, 9.17) is 9.47 Å². The molecule has 0 atom stereocenters. The van der Waals surface area contributed by atoms with Crippen molar-refractivity contribution in [1.29, 1.82) is 5.26 Å². The van der Waals surface area contributed by atoms with Crippen LogP contribution in [-0.4, -0.2) is 50.1 Å². The number of ether oxygens (including phenoxy) is 2. The van der Waals surface area contributed by atoms with Crippen molar-refractivity contribution in [3.05, 3.63) is 47.1 Å². The number of amides is 2. The third kappa shape index (κ3) is 7.05. The Morgan fingerprint density at radius 2 is 1.70 bits per heavy atom. The van der Waals surface area contributed by atoms with Gasteiger partial charge in [-0.05, 0) is 98.4 Å². The van der Waals surface area contributed by atoms with Gasteiger partial charge >= 0.3 is 12.2 Å². The molecule has 232 valence electrons. The van der Waals surface area contributed by atoms with E-state index in [0.717, 1.165) is 40.9 Å². The maximum Gasteiger partial charge on any atom is 0.420 e. The molecule has 0 aliphatic heterocycles. The summed E-state index contributed by atoms with van der Waals surface area (Å²) < 4.78 is 13.8. The number of alkyl carbamates (subject to hydrolysis) is 1. The number of hydrogen-bond acceptors (Lipinski definition) is 9. The molecule has 3 aromatic heterocycles. The molecule has 2 N–H and O–H groups in total. The number of anilines is 3. The zero-order valence-corrected chi connectivity index (χ0v) is 27.0. The number of aromatic nitrogens is 3. The summed E-state index contributed by atoms with van der Waals surface area (Å²) in [5.41, 5.74) is 1.74. The van der Waals surface area contributed by atoms with Crippen molar-refractivity contribution in [2.24, 2.45) is 0 Å². The molecule has 44 heavy (non-hydrogen) atoms. The predicted octanol–water partition coefficient (Wildman–Crippen LogP) is 7.45. The highest BCUT2D eigenvalue weighted by Crippen LogP contribution is 2.36. The number of hydrogen-bond donors (Lipinski definition) is 2. The summed E-state index contributed by atoms with van der Waals surface area (Å²) in [7, 11) is 0. The number of pyridine rings is 1. The highest BCUT2D eigenvalue weighted by molar-refractivity contribution is 7.18. The van der Waals surface area contributed by atoms with Crippen LogP contribution in [0.1, 0.15) is 77.8 Å². The Bertz CT molecular complexity index is 1730. The van der Waals surface area contributed by atoms with Gasteiger partial charge in [0, 0.05) is 18.2 Å². The van der Waals surface area contributed by atoms with E-state index in [-0.39, 0.29) is 12.1 Å². The number of carbonyl (C=O) groups is 2. The van der Waals surface area contributed by atoms with Gasteiger partial charge in [-0.25, -0.2) is 24.0 Å². The van der Waals surface area contributed by atoms with Gasteiger partial charge in [0.2, 0.25) is 0 Å². The van der Waals surface area contributed by atoms with E-state index in [1.165, 1.54) is 4.90 Å². The highest BCUT2D eigenvalue weighted by Gasteiger charge is 2.30. The number of rotatable bonds is 5. The van der Waals surface area contributed by atoms with Crippen molar-refractivity contribution in [2.75, 3.05) is 10.2 Å². The van der Waals surface area contributed by atoms with E-state index < -0.39 is 23.4 Å². The molecule has 1 aliphatic carbocycles. The molecule has 0 radical (unpaired) electrons. The van der Waals surface area contributed by atoms with E-state index in [9.17, 15) is 14.9 Å². The zero-order chi connectivity index (χ0) is 31.8. The fourth-order valence-corrected chi connectivity index (χ4v) is 6.21. The summed E-state index contributed by atoms with van der Waals surface area (Å²) in [5.74, 6) is 0.432. The maximum atomic E-state index is 13.9. The number of nitrogens with zero attached hydrogens (tertiary/aromatic N) is 5. The van der Waals surface area contributed by atoms with Gasteiger partial charge in [0.1, 0.15) is 28.7 Å². The van der Waals surface area contributed by atoms with Crippen molar-refractivity contribution in [3.8, 4) is 6.07 Å². The van der Waals surface area contributed by atoms with E-state index in [0.29, 0.717) is 28.3 Å². The number of benzene rings is 1. The van der Waals surface area contributed by atoms with Gasteiger partial charge in [-0.2, -0.15) is 10.4 Å². The lowest BCUT2D eigenvalue weighted by Crippen LogP contribution is -2.42. The molecule has 1 aliphatic rings. The molecule has 4 aromatic rings. The van der Waals surface area contributed by atoms with Gasteiger partial charge in [0.25, 0.3) is 0 Å². The summed E-state index contributed by atoms with van der Waals surface area (Å²) in [6, 6.07) is 11.6. The maximum absolute atomic E-state index is 13.9. The van der Waals surface area contributed by atoms with Crippen LogP contribution in [0.2, 0.25) is 0 Å². The Morgan fingerprint density at radius 3 is 2.36 bits per heavy atom. The Hall–Kier alpha value is -4.37. The molecular weight excluding hydrogens is 578 g/mol. The molecule has 5 rings (SSSR count). The molecule has 1 saturated carbocycles. The molecule has 1 aromatic carbocycles. The molecule has 1 fully saturated rings. The minimum absolute atomic E-state index is 0.0131. The van der Waals surface area contributed by atoms with E-state index in [2.05, 4.69) is 26.8 Å². The summed E-state index contributed by atoms with van der Waals surface area (Å²) in [5, 5.41) is 22.2. The lowest BCUT2D eigenvalue weighted by molar-refractivity contribution is 0.0490. The van der Waals surface area contributed by atoms with Crippen LogP contribution in [0, 0.1) is 18.3 Å². The average molecular weight is 618 g/mol. The van der Waals surface area contributed by atoms with Crippen LogP contribution in [0.5, 0.6) is 0 Å². The number of nitriles is 1. The third-order valence-corrected chi connectivity index (χ3v) is 8.05. The lowest BCUT2D eigenvalue weighted by atomic mass is 9.91.